The van der Waals surface area contributed by atoms with Gasteiger partial charge in [-0.05, 0) is 29.8 Å². The molecule has 1 saturated heterocycles. The summed E-state index contributed by atoms with van der Waals surface area (Å²) in [5, 5.41) is 0. The molecule has 0 radical (unpaired) electrons. The molecule has 0 aromatic heterocycles. The predicted molar refractivity (Wildman–Crippen MR) is 93.7 cm³/mol. The van der Waals surface area contributed by atoms with Gasteiger partial charge in [0, 0.05) is 44.4 Å². The summed E-state index contributed by atoms with van der Waals surface area (Å²) in [5.41, 5.74) is 1.33. The lowest BCUT2D eigenvalue weighted by Gasteiger charge is -2.34. The molecule has 0 saturated carbocycles. The number of nitrogens with zero attached hydrogens (tertiary/aromatic N) is 2. The first-order valence-corrected chi connectivity index (χ1v) is 8.30. The maximum absolute atomic E-state index is 13.7. The van der Waals surface area contributed by atoms with Gasteiger partial charge in [0.2, 0.25) is 5.91 Å². The molecule has 2 aromatic rings. The van der Waals surface area contributed by atoms with Crippen molar-refractivity contribution < 1.29 is 13.6 Å². The number of piperazine rings is 1. The van der Waals surface area contributed by atoms with Crippen LogP contribution in [-0.2, 0) is 11.3 Å². The average Bonchev–Trinajstić information content (AvgIpc) is 2.64. The monoisotopic (exact) mass is 342 g/mol. The summed E-state index contributed by atoms with van der Waals surface area (Å²) in [4.78, 5) is 16.1. The first kappa shape index (κ1) is 17.3. The Bertz CT molecular complexity index is 754. The Morgan fingerprint density at radius 1 is 1.00 bits per heavy atom. The Hall–Kier alpha value is -2.53. The van der Waals surface area contributed by atoms with Crippen molar-refractivity contribution >= 4 is 12.0 Å². The fourth-order valence-corrected chi connectivity index (χ4v) is 2.87. The van der Waals surface area contributed by atoms with Crippen LogP contribution in [0.1, 0.15) is 11.1 Å². The summed E-state index contributed by atoms with van der Waals surface area (Å²) in [6, 6.07) is 13.2. The predicted octanol–water partition coefficient (Wildman–Crippen LogP) is 3.32. The standard InChI is InChI=1S/C20H20F2N2O/c21-18-7-8-19(22)17(14-18)15-23-10-12-24(13-11-23)20(25)9-6-16-4-2-1-3-5-16/h1-9,14H,10-13,15H2. The maximum atomic E-state index is 13.7. The molecule has 1 fully saturated rings. The zero-order valence-electron chi connectivity index (χ0n) is 13.9. The molecule has 1 aliphatic heterocycles. The van der Waals surface area contributed by atoms with Crippen LogP contribution in [0.4, 0.5) is 8.78 Å². The van der Waals surface area contributed by atoms with Crippen LogP contribution in [0.5, 0.6) is 0 Å². The summed E-state index contributed by atoms with van der Waals surface area (Å²) >= 11 is 0. The molecule has 1 heterocycles. The summed E-state index contributed by atoms with van der Waals surface area (Å²) in [7, 11) is 0. The summed E-state index contributed by atoms with van der Waals surface area (Å²) in [6.07, 6.45) is 3.38. The normalized spacial score (nSPS) is 15.7. The van der Waals surface area contributed by atoms with E-state index in [1.807, 2.05) is 35.2 Å². The average molecular weight is 342 g/mol. The Labute approximate surface area is 146 Å². The van der Waals surface area contributed by atoms with Gasteiger partial charge in [0.05, 0.1) is 0 Å². The highest BCUT2D eigenvalue weighted by Gasteiger charge is 2.20. The third kappa shape index (κ3) is 4.73. The van der Waals surface area contributed by atoms with Gasteiger partial charge >= 0.3 is 0 Å². The second-order valence-electron chi connectivity index (χ2n) is 6.08. The van der Waals surface area contributed by atoms with Crippen molar-refractivity contribution in [3.8, 4) is 0 Å². The Balaban J connectivity index is 1.52. The molecular formula is C20H20F2N2O. The van der Waals surface area contributed by atoms with Crippen LogP contribution in [-0.4, -0.2) is 41.9 Å². The molecule has 3 rings (SSSR count). The maximum Gasteiger partial charge on any atom is 0.246 e. The molecule has 0 N–H and O–H groups in total. The number of rotatable bonds is 4. The number of benzene rings is 2. The highest BCUT2D eigenvalue weighted by Crippen LogP contribution is 2.14. The molecule has 1 aliphatic rings. The topological polar surface area (TPSA) is 23.6 Å². The summed E-state index contributed by atoms with van der Waals surface area (Å²) in [5.74, 6) is -0.859. The van der Waals surface area contributed by atoms with Crippen molar-refractivity contribution in [2.45, 2.75) is 6.54 Å². The summed E-state index contributed by atoms with van der Waals surface area (Å²) in [6.45, 7) is 2.79. The molecule has 0 aliphatic carbocycles. The minimum absolute atomic E-state index is 0.0274. The van der Waals surface area contributed by atoms with E-state index in [0.29, 0.717) is 38.3 Å². The minimum Gasteiger partial charge on any atom is -0.337 e. The Kier molecular flexibility index (Phi) is 5.56. The molecule has 2 aromatic carbocycles. The molecule has 0 bridgehead atoms. The van der Waals surface area contributed by atoms with Crippen molar-refractivity contribution in [2.24, 2.45) is 0 Å². The fraction of sp³-hybridized carbons (Fsp3) is 0.250. The zero-order chi connectivity index (χ0) is 17.6. The van der Waals surface area contributed by atoms with E-state index in [1.165, 1.54) is 6.07 Å². The third-order valence-electron chi connectivity index (χ3n) is 4.30. The van der Waals surface area contributed by atoms with E-state index in [2.05, 4.69) is 0 Å². The van der Waals surface area contributed by atoms with Gasteiger partial charge in [-0.15, -0.1) is 0 Å². The first-order valence-electron chi connectivity index (χ1n) is 8.30. The molecular weight excluding hydrogens is 322 g/mol. The molecule has 25 heavy (non-hydrogen) atoms. The van der Waals surface area contributed by atoms with E-state index in [9.17, 15) is 13.6 Å². The van der Waals surface area contributed by atoms with Crippen molar-refractivity contribution in [3.05, 3.63) is 77.4 Å². The molecule has 3 nitrogen and oxygen atoms in total. The molecule has 5 heteroatoms. The van der Waals surface area contributed by atoms with Gasteiger partial charge in [-0.1, -0.05) is 30.3 Å². The van der Waals surface area contributed by atoms with Crippen molar-refractivity contribution in [2.75, 3.05) is 26.2 Å². The highest BCUT2D eigenvalue weighted by atomic mass is 19.1. The van der Waals surface area contributed by atoms with Crippen LogP contribution in [0, 0.1) is 11.6 Å². The van der Waals surface area contributed by atoms with Crippen LogP contribution in [0.2, 0.25) is 0 Å². The second-order valence-corrected chi connectivity index (χ2v) is 6.08. The molecule has 0 atom stereocenters. The lowest BCUT2D eigenvalue weighted by molar-refractivity contribution is -0.127. The largest absolute Gasteiger partial charge is 0.337 e. The molecule has 0 unspecified atom stereocenters. The van der Waals surface area contributed by atoms with E-state index >= 15 is 0 Å². The number of hydrogen-bond donors (Lipinski definition) is 0. The number of amides is 1. The van der Waals surface area contributed by atoms with Gasteiger partial charge in [0.1, 0.15) is 11.6 Å². The van der Waals surface area contributed by atoms with Crippen LogP contribution >= 0.6 is 0 Å². The smallest absolute Gasteiger partial charge is 0.246 e. The number of hydrogen-bond acceptors (Lipinski definition) is 2. The summed E-state index contributed by atoms with van der Waals surface area (Å²) < 4.78 is 27.0. The fourth-order valence-electron chi connectivity index (χ4n) is 2.87. The number of carbonyl (C=O) groups is 1. The van der Waals surface area contributed by atoms with Gasteiger partial charge < -0.3 is 4.90 Å². The Morgan fingerprint density at radius 2 is 1.72 bits per heavy atom. The van der Waals surface area contributed by atoms with Crippen molar-refractivity contribution in [3.63, 3.8) is 0 Å². The van der Waals surface area contributed by atoms with E-state index in [4.69, 9.17) is 0 Å². The van der Waals surface area contributed by atoms with Gasteiger partial charge in [-0.25, -0.2) is 8.78 Å². The van der Waals surface area contributed by atoms with Gasteiger partial charge in [0.15, 0.2) is 0 Å². The number of halogens is 2. The van der Waals surface area contributed by atoms with Crippen molar-refractivity contribution in [1.29, 1.82) is 0 Å². The lowest BCUT2D eigenvalue weighted by Crippen LogP contribution is -2.47. The van der Waals surface area contributed by atoms with Crippen LogP contribution < -0.4 is 0 Å². The third-order valence-corrected chi connectivity index (χ3v) is 4.30. The first-order chi connectivity index (χ1) is 12.1. The lowest BCUT2D eigenvalue weighted by atomic mass is 10.1. The quantitative estimate of drug-likeness (QED) is 0.796. The van der Waals surface area contributed by atoms with Gasteiger partial charge in [0.25, 0.3) is 0 Å². The van der Waals surface area contributed by atoms with E-state index < -0.39 is 11.6 Å². The van der Waals surface area contributed by atoms with Crippen LogP contribution in [0.15, 0.2) is 54.6 Å². The zero-order valence-corrected chi connectivity index (χ0v) is 13.9. The van der Waals surface area contributed by atoms with Crippen LogP contribution in [0.3, 0.4) is 0 Å². The number of carbonyl (C=O) groups excluding carboxylic acids is 1. The van der Waals surface area contributed by atoms with Crippen molar-refractivity contribution in [1.82, 2.24) is 9.80 Å². The highest BCUT2D eigenvalue weighted by molar-refractivity contribution is 5.91. The molecule has 1 amide bonds. The van der Waals surface area contributed by atoms with Crippen LogP contribution in [0.25, 0.3) is 6.08 Å². The van der Waals surface area contributed by atoms with Gasteiger partial charge in [-0.3, -0.25) is 9.69 Å². The molecule has 0 spiro atoms. The van der Waals surface area contributed by atoms with E-state index in [1.54, 1.807) is 17.1 Å². The second kappa shape index (κ2) is 8.03. The minimum atomic E-state index is -0.434. The van der Waals surface area contributed by atoms with Gasteiger partial charge in [-0.2, -0.15) is 0 Å². The van der Waals surface area contributed by atoms with E-state index in [0.717, 1.165) is 17.7 Å². The Morgan fingerprint density at radius 3 is 2.44 bits per heavy atom. The SMILES string of the molecule is O=C(C=Cc1ccccc1)N1CCN(Cc2cc(F)ccc2F)CC1. The molecule has 130 valence electrons. The van der Waals surface area contributed by atoms with E-state index in [-0.39, 0.29) is 5.91 Å².